The zero-order valence-corrected chi connectivity index (χ0v) is 37.7. The summed E-state index contributed by atoms with van der Waals surface area (Å²) in [5.41, 5.74) is 0. The third-order valence-electron chi connectivity index (χ3n) is 10.7. The SMILES string of the molecule is CC/C=C\C/C=C\C/C=C\CCCCCCCC(=O)OCC(COCCCCCCCCCCCCCCCCCCCC)OC(=O)CCCCCCCCC. The van der Waals surface area contributed by atoms with Crippen molar-refractivity contribution in [3.8, 4) is 0 Å². The van der Waals surface area contributed by atoms with Gasteiger partial charge in [0, 0.05) is 19.4 Å². The molecule has 0 aliphatic heterocycles. The van der Waals surface area contributed by atoms with Gasteiger partial charge in [0.1, 0.15) is 6.61 Å². The monoisotopic (exact) mass is 787 g/mol. The Bertz CT molecular complexity index is 893. The lowest BCUT2D eigenvalue weighted by atomic mass is 10.0. The maximum Gasteiger partial charge on any atom is 0.306 e. The van der Waals surface area contributed by atoms with Crippen LogP contribution in [0.4, 0.5) is 0 Å². The molecule has 0 amide bonds. The second-order valence-corrected chi connectivity index (χ2v) is 16.4. The molecule has 0 aromatic carbocycles. The second-order valence-electron chi connectivity index (χ2n) is 16.4. The molecule has 5 heteroatoms. The van der Waals surface area contributed by atoms with E-state index in [1.807, 2.05) is 0 Å². The van der Waals surface area contributed by atoms with Crippen LogP contribution in [0.15, 0.2) is 36.5 Å². The predicted octanol–water partition coefficient (Wildman–Crippen LogP) is 16.2. The van der Waals surface area contributed by atoms with E-state index in [0.717, 1.165) is 64.2 Å². The van der Waals surface area contributed by atoms with Crippen molar-refractivity contribution in [3.63, 3.8) is 0 Å². The first-order valence-electron chi connectivity index (χ1n) is 24.5. The Morgan fingerprint density at radius 1 is 0.411 bits per heavy atom. The minimum Gasteiger partial charge on any atom is -0.462 e. The molecule has 0 aliphatic rings. The van der Waals surface area contributed by atoms with Crippen LogP contribution in [0, 0.1) is 0 Å². The molecule has 0 N–H and O–H groups in total. The van der Waals surface area contributed by atoms with Crippen molar-refractivity contribution < 1.29 is 23.8 Å². The lowest BCUT2D eigenvalue weighted by molar-refractivity contribution is -0.163. The molecule has 0 aromatic rings. The van der Waals surface area contributed by atoms with Gasteiger partial charge in [-0.1, -0.05) is 224 Å². The summed E-state index contributed by atoms with van der Waals surface area (Å²) in [6.07, 6.45) is 55.9. The third-order valence-corrected chi connectivity index (χ3v) is 10.7. The van der Waals surface area contributed by atoms with E-state index in [9.17, 15) is 9.59 Å². The molecule has 0 radical (unpaired) electrons. The van der Waals surface area contributed by atoms with Crippen molar-refractivity contribution in [2.45, 2.75) is 258 Å². The van der Waals surface area contributed by atoms with E-state index < -0.39 is 6.10 Å². The highest BCUT2D eigenvalue weighted by Crippen LogP contribution is 2.15. The molecule has 0 saturated carbocycles. The van der Waals surface area contributed by atoms with E-state index in [0.29, 0.717) is 19.4 Å². The number of ether oxygens (including phenoxy) is 3. The number of hydrogen-bond donors (Lipinski definition) is 0. The van der Waals surface area contributed by atoms with Gasteiger partial charge in [-0.05, 0) is 51.4 Å². The molecule has 0 aliphatic carbocycles. The molecular weight excluding hydrogens is 693 g/mol. The zero-order chi connectivity index (χ0) is 40.7. The van der Waals surface area contributed by atoms with Gasteiger partial charge in [0.25, 0.3) is 0 Å². The molecule has 0 heterocycles. The summed E-state index contributed by atoms with van der Waals surface area (Å²) in [5, 5.41) is 0. The number of esters is 2. The van der Waals surface area contributed by atoms with Crippen molar-refractivity contribution >= 4 is 11.9 Å². The van der Waals surface area contributed by atoms with Crippen molar-refractivity contribution in [3.05, 3.63) is 36.5 Å². The fraction of sp³-hybridized carbons (Fsp3) is 0.843. The van der Waals surface area contributed by atoms with Crippen LogP contribution in [0.3, 0.4) is 0 Å². The highest BCUT2D eigenvalue weighted by atomic mass is 16.6. The summed E-state index contributed by atoms with van der Waals surface area (Å²) >= 11 is 0. The lowest BCUT2D eigenvalue weighted by Crippen LogP contribution is -2.30. The molecule has 0 aromatic heterocycles. The molecule has 328 valence electrons. The highest BCUT2D eigenvalue weighted by Gasteiger charge is 2.17. The molecule has 0 spiro atoms. The quantitative estimate of drug-likeness (QED) is 0.0349. The first-order chi connectivity index (χ1) is 27.6. The summed E-state index contributed by atoms with van der Waals surface area (Å²) in [7, 11) is 0. The maximum absolute atomic E-state index is 12.6. The van der Waals surface area contributed by atoms with E-state index in [4.69, 9.17) is 14.2 Å². The Hall–Kier alpha value is -1.88. The number of hydrogen-bond acceptors (Lipinski definition) is 5. The summed E-state index contributed by atoms with van der Waals surface area (Å²) in [6, 6.07) is 0. The molecular formula is C51H94O5. The standard InChI is InChI=1S/C51H94O5/c1-4-7-10-13-16-18-20-22-24-25-26-28-30-32-34-37-40-43-46-54-47-49(56-51(53)45-42-39-35-15-12-9-6-3)48-55-50(52)44-41-38-36-33-31-29-27-23-21-19-17-14-11-8-5-2/h8,11,17,19,23,27,49H,4-7,9-10,12-16,18,20-22,24-26,28-48H2,1-3H3/b11-8-,19-17-,27-23-. The minimum absolute atomic E-state index is 0.0810. The average molecular weight is 787 g/mol. The molecule has 1 unspecified atom stereocenters. The largest absolute Gasteiger partial charge is 0.462 e. The number of allylic oxidation sites excluding steroid dienone is 6. The Kier molecular flexibility index (Phi) is 45.9. The van der Waals surface area contributed by atoms with Crippen LogP contribution in [-0.2, 0) is 23.8 Å². The molecule has 1 atom stereocenters. The lowest BCUT2D eigenvalue weighted by Gasteiger charge is -2.18. The molecule has 0 rings (SSSR count). The van der Waals surface area contributed by atoms with E-state index >= 15 is 0 Å². The van der Waals surface area contributed by atoms with E-state index in [1.54, 1.807) is 0 Å². The fourth-order valence-electron chi connectivity index (χ4n) is 7.05. The van der Waals surface area contributed by atoms with Crippen LogP contribution in [0.5, 0.6) is 0 Å². The number of rotatable bonds is 45. The normalized spacial score (nSPS) is 12.4. The highest BCUT2D eigenvalue weighted by molar-refractivity contribution is 5.70. The maximum atomic E-state index is 12.6. The van der Waals surface area contributed by atoms with Crippen LogP contribution in [0.25, 0.3) is 0 Å². The van der Waals surface area contributed by atoms with Gasteiger partial charge in [-0.3, -0.25) is 9.59 Å². The van der Waals surface area contributed by atoms with Gasteiger partial charge in [-0.15, -0.1) is 0 Å². The summed E-state index contributed by atoms with van der Waals surface area (Å²) in [6.45, 7) is 7.70. The van der Waals surface area contributed by atoms with Crippen LogP contribution >= 0.6 is 0 Å². The number of carbonyl (C=O) groups excluding carboxylic acids is 2. The van der Waals surface area contributed by atoms with Gasteiger partial charge in [0.05, 0.1) is 6.61 Å². The number of carbonyl (C=O) groups is 2. The molecule has 0 bridgehead atoms. The first-order valence-corrected chi connectivity index (χ1v) is 24.5. The minimum atomic E-state index is -0.534. The fourth-order valence-corrected chi connectivity index (χ4v) is 7.05. The Morgan fingerprint density at radius 2 is 0.804 bits per heavy atom. The Morgan fingerprint density at radius 3 is 1.29 bits per heavy atom. The van der Waals surface area contributed by atoms with Gasteiger partial charge in [0.15, 0.2) is 6.10 Å². The second kappa shape index (κ2) is 47.5. The predicted molar refractivity (Wildman–Crippen MR) is 242 cm³/mol. The average Bonchev–Trinajstić information content (AvgIpc) is 3.20. The molecule has 56 heavy (non-hydrogen) atoms. The van der Waals surface area contributed by atoms with Crippen molar-refractivity contribution in [2.24, 2.45) is 0 Å². The van der Waals surface area contributed by atoms with Gasteiger partial charge in [-0.2, -0.15) is 0 Å². The smallest absolute Gasteiger partial charge is 0.306 e. The Balaban J connectivity index is 4.10. The molecule has 0 fully saturated rings. The zero-order valence-electron chi connectivity index (χ0n) is 37.7. The summed E-state index contributed by atoms with van der Waals surface area (Å²) < 4.78 is 17.3. The number of unbranched alkanes of at least 4 members (excludes halogenated alkanes) is 28. The topological polar surface area (TPSA) is 61.8 Å². The first kappa shape index (κ1) is 54.1. The van der Waals surface area contributed by atoms with E-state index in [2.05, 4.69) is 57.2 Å². The van der Waals surface area contributed by atoms with Crippen LogP contribution in [0.2, 0.25) is 0 Å². The van der Waals surface area contributed by atoms with Gasteiger partial charge < -0.3 is 14.2 Å². The molecule has 0 saturated heterocycles. The Labute approximate surface area is 349 Å². The van der Waals surface area contributed by atoms with Crippen molar-refractivity contribution in [1.82, 2.24) is 0 Å². The van der Waals surface area contributed by atoms with Gasteiger partial charge in [-0.25, -0.2) is 0 Å². The van der Waals surface area contributed by atoms with Crippen LogP contribution < -0.4 is 0 Å². The van der Waals surface area contributed by atoms with Crippen LogP contribution in [-0.4, -0.2) is 37.9 Å². The van der Waals surface area contributed by atoms with Crippen molar-refractivity contribution in [2.75, 3.05) is 19.8 Å². The molecule has 5 nitrogen and oxygen atoms in total. The third kappa shape index (κ3) is 44.8. The summed E-state index contributed by atoms with van der Waals surface area (Å²) in [4.78, 5) is 25.2. The van der Waals surface area contributed by atoms with Gasteiger partial charge in [0.2, 0.25) is 0 Å². The van der Waals surface area contributed by atoms with Gasteiger partial charge >= 0.3 is 11.9 Å². The van der Waals surface area contributed by atoms with E-state index in [-0.39, 0.29) is 25.2 Å². The van der Waals surface area contributed by atoms with Crippen LogP contribution in [0.1, 0.15) is 252 Å². The van der Waals surface area contributed by atoms with E-state index in [1.165, 1.54) is 154 Å². The van der Waals surface area contributed by atoms with Crippen molar-refractivity contribution in [1.29, 1.82) is 0 Å². The summed E-state index contributed by atoms with van der Waals surface area (Å²) in [5.74, 6) is -0.412.